The fraction of sp³-hybridized carbons (Fsp3) is 0.400. The lowest BCUT2D eigenvalue weighted by molar-refractivity contribution is -0.386. The molecule has 1 rings (SSSR count). The van der Waals surface area contributed by atoms with Gasteiger partial charge in [0.25, 0.3) is 0 Å². The highest BCUT2D eigenvalue weighted by Gasteiger charge is 2.31. The first-order chi connectivity index (χ1) is 9.48. The number of rotatable bonds is 5. The third-order valence-electron chi connectivity index (χ3n) is 1.92. The van der Waals surface area contributed by atoms with Crippen molar-refractivity contribution < 1.29 is 40.7 Å². The first-order valence-corrected chi connectivity index (χ1v) is 5.15. The Kier molecular flexibility index (Phi) is 4.86. The molecule has 1 aromatic rings. The maximum Gasteiger partial charge on any atom is 0.422 e. The van der Waals surface area contributed by atoms with Crippen LogP contribution >= 0.6 is 0 Å². The maximum atomic E-state index is 12.0. The van der Waals surface area contributed by atoms with Crippen LogP contribution in [0.3, 0.4) is 0 Å². The van der Waals surface area contributed by atoms with Crippen molar-refractivity contribution in [1.29, 1.82) is 0 Å². The Morgan fingerprint density at radius 3 is 2.00 bits per heavy atom. The van der Waals surface area contributed by atoms with E-state index in [1.54, 1.807) is 0 Å². The van der Waals surface area contributed by atoms with E-state index in [2.05, 4.69) is 9.47 Å². The average Bonchev–Trinajstić information content (AvgIpc) is 2.32. The van der Waals surface area contributed by atoms with Gasteiger partial charge < -0.3 is 9.47 Å². The molecule has 0 atom stereocenters. The molecule has 5 nitrogen and oxygen atoms in total. The lowest BCUT2D eigenvalue weighted by Gasteiger charge is -2.12. The second-order valence-electron chi connectivity index (χ2n) is 3.69. The van der Waals surface area contributed by atoms with Crippen LogP contribution in [0.5, 0.6) is 11.5 Å². The summed E-state index contributed by atoms with van der Waals surface area (Å²) in [6.45, 7) is -3.51. The molecule has 0 bridgehead atoms. The lowest BCUT2D eigenvalue weighted by Crippen LogP contribution is -2.20. The summed E-state index contributed by atoms with van der Waals surface area (Å²) >= 11 is 0. The van der Waals surface area contributed by atoms with Crippen LogP contribution in [-0.4, -0.2) is 30.5 Å². The van der Waals surface area contributed by atoms with Crippen molar-refractivity contribution in [3.63, 3.8) is 0 Å². The van der Waals surface area contributed by atoms with Crippen LogP contribution in [0.25, 0.3) is 0 Å². The first-order valence-electron chi connectivity index (χ1n) is 5.15. The molecule has 0 unspecified atom stereocenters. The summed E-state index contributed by atoms with van der Waals surface area (Å²) in [7, 11) is 0. The van der Waals surface area contributed by atoms with Crippen LogP contribution in [-0.2, 0) is 0 Å². The summed E-state index contributed by atoms with van der Waals surface area (Å²) in [6, 6.07) is 2.11. The van der Waals surface area contributed by atoms with E-state index in [-0.39, 0.29) is 0 Å². The zero-order valence-electron chi connectivity index (χ0n) is 9.99. The van der Waals surface area contributed by atoms with Gasteiger partial charge in [0.1, 0.15) is 5.75 Å². The van der Waals surface area contributed by atoms with E-state index in [1.807, 2.05) is 0 Å². The molecular weight excluding hydrogens is 312 g/mol. The molecule has 11 heteroatoms. The number of alkyl halides is 6. The fourth-order valence-electron chi connectivity index (χ4n) is 1.18. The molecule has 0 heterocycles. The van der Waals surface area contributed by atoms with Crippen LogP contribution in [0.4, 0.5) is 32.0 Å². The number of nitrogens with zero attached hydrogens (tertiary/aromatic N) is 1. The van der Waals surface area contributed by atoms with Crippen molar-refractivity contribution in [1.82, 2.24) is 0 Å². The number of ether oxygens (including phenoxy) is 2. The molecular formula is C10H7F6NO4. The molecule has 1 aromatic carbocycles. The van der Waals surface area contributed by atoms with Gasteiger partial charge in [-0.25, -0.2) is 0 Å². The van der Waals surface area contributed by atoms with Gasteiger partial charge in [-0.15, -0.1) is 0 Å². The number of halogens is 6. The zero-order chi connectivity index (χ0) is 16.3. The smallest absolute Gasteiger partial charge is 0.422 e. The SMILES string of the molecule is O=[N+]([O-])c1ccc(OCC(F)(F)F)cc1OCC(F)(F)F. The molecule has 0 N–H and O–H groups in total. The van der Waals surface area contributed by atoms with E-state index in [0.29, 0.717) is 12.1 Å². The normalized spacial score (nSPS) is 12.1. The van der Waals surface area contributed by atoms with Crippen molar-refractivity contribution >= 4 is 5.69 Å². The van der Waals surface area contributed by atoms with Gasteiger partial charge in [-0.05, 0) is 6.07 Å². The molecule has 0 spiro atoms. The minimum atomic E-state index is -4.75. The van der Waals surface area contributed by atoms with Crippen molar-refractivity contribution in [3.05, 3.63) is 28.3 Å². The van der Waals surface area contributed by atoms with Gasteiger partial charge in [0, 0.05) is 12.1 Å². The Morgan fingerprint density at radius 2 is 1.52 bits per heavy atom. The Balaban J connectivity index is 2.93. The van der Waals surface area contributed by atoms with E-state index in [1.165, 1.54) is 0 Å². The largest absolute Gasteiger partial charge is 0.484 e. The highest BCUT2D eigenvalue weighted by molar-refractivity contribution is 5.50. The minimum Gasteiger partial charge on any atom is -0.484 e. The summed E-state index contributed by atoms with van der Waals surface area (Å²) in [6.07, 6.45) is -9.41. The predicted octanol–water partition coefficient (Wildman–Crippen LogP) is 3.48. The van der Waals surface area contributed by atoms with Gasteiger partial charge in [-0.3, -0.25) is 10.1 Å². The number of hydrogen-bond acceptors (Lipinski definition) is 4. The summed E-state index contributed by atoms with van der Waals surface area (Å²) < 4.78 is 80.3. The first kappa shape index (κ1) is 16.9. The molecule has 0 fully saturated rings. The molecule has 0 aromatic heterocycles. The average molecular weight is 319 g/mol. The monoisotopic (exact) mass is 319 g/mol. The second-order valence-corrected chi connectivity index (χ2v) is 3.69. The molecule has 0 saturated carbocycles. The molecule has 118 valence electrons. The molecule has 0 amide bonds. The quantitative estimate of drug-likeness (QED) is 0.473. The van der Waals surface area contributed by atoms with Crippen molar-refractivity contribution in [2.24, 2.45) is 0 Å². The summed E-state index contributed by atoms with van der Waals surface area (Å²) in [5, 5.41) is 10.6. The highest BCUT2D eigenvalue weighted by Crippen LogP contribution is 2.33. The Labute approximate surface area is 113 Å². The fourth-order valence-corrected chi connectivity index (χ4v) is 1.18. The van der Waals surface area contributed by atoms with E-state index in [4.69, 9.17) is 0 Å². The minimum absolute atomic E-state index is 0.505. The highest BCUT2D eigenvalue weighted by atomic mass is 19.4. The van der Waals surface area contributed by atoms with Crippen LogP contribution in [0.15, 0.2) is 18.2 Å². The van der Waals surface area contributed by atoms with E-state index >= 15 is 0 Å². The standard InChI is InChI=1S/C10H7F6NO4/c11-9(12,13)4-20-6-1-2-7(17(18)19)8(3-6)21-5-10(14,15)16/h1-3H,4-5H2. The molecule has 0 aliphatic carbocycles. The third-order valence-corrected chi connectivity index (χ3v) is 1.92. The number of nitro benzene ring substituents is 1. The van der Waals surface area contributed by atoms with Gasteiger partial charge in [0.05, 0.1) is 4.92 Å². The summed E-state index contributed by atoms with van der Waals surface area (Å²) in [5.74, 6) is -1.34. The van der Waals surface area contributed by atoms with Crippen LogP contribution in [0, 0.1) is 10.1 Å². The lowest BCUT2D eigenvalue weighted by atomic mass is 10.3. The summed E-state index contributed by atoms with van der Waals surface area (Å²) in [4.78, 5) is 9.57. The Morgan fingerprint density at radius 1 is 1.00 bits per heavy atom. The van der Waals surface area contributed by atoms with Crippen LogP contribution < -0.4 is 9.47 Å². The maximum absolute atomic E-state index is 12.0. The Hall–Kier alpha value is -2.20. The van der Waals surface area contributed by atoms with Crippen molar-refractivity contribution in [2.75, 3.05) is 13.2 Å². The molecule has 0 aliphatic heterocycles. The molecule has 21 heavy (non-hydrogen) atoms. The van der Waals surface area contributed by atoms with Gasteiger partial charge >= 0.3 is 18.0 Å². The number of hydrogen-bond donors (Lipinski definition) is 0. The Bertz CT molecular complexity index is 513. The number of benzene rings is 1. The summed E-state index contributed by atoms with van der Waals surface area (Å²) in [5.41, 5.74) is -0.821. The van der Waals surface area contributed by atoms with Crippen LogP contribution in [0.1, 0.15) is 0 Å². The predicted molar refractivity (Wildman–Crippen MR) is 56.2 cm³/mol. The van der Waals surface area contributed by atoms with Gasteiger partial charge in [-0.2, -0.15) is 26.3 Å². The molecule has 0 saturated heterocycles. The number of nitro groups is 1. The second kappa shape index (κ2) is 6.06. The van der Waals surface area contributed by atoms with E-state index < -0.39 is 47.7 Å². The van der Waals surface area contributed by atoms with E-state index in [9.17, 15) is 36.5 Å². The third kappa shape index (κ3) is 6.19. The van der Waals surface area contributed by atoms with E-state index in [0.717, 1.165) is 6.07 Å². The van der Waals surface area contributed by atoms with Crippen LogP contribution in [0.2, 0.25) is 0 Å². The van der Waals surface area contributed by atoms with Gasteiger partial charge in [0.2, 0.25) is 5.75 Å². The molecule has 0 aliphatic rings. The zero-order valence-corrected chi connectivity index (χ0v) is 9.99. The van der Waals surface area contributed by atoms with Crippen molar-refractivity contribution in [2.45, 2.75) is 12.4 Å². The topological polar surface area (TPSA) is 61.6 Å². The molecule has 0 radical (unpaired) electrons. The van der Waals surface area contributed by atoms with Gasteiger partial charge in [0.15, 0.2) is 13.2 Å². The van der Waals surface area contributed by atoms with Crippen molar-refractivity contribution in [3.8, 4) is 11.5 Å². The van der Waals surface area contributed by atoms with Gasteiger partial charge in [-0.1, -0.05) is 0 Å².